The second-order valence-electron chi connectivity index (χ2n) is 6.33. The van der Waals surface area contributed by atoms with E-state index < -0.39 is 35.2 Å². The van der Waals surface area contributed by atoms with E-state index in [0.29, 0.717) is 22.4 Å². The Morgan fingerprint density at radius 1 is 1.09 bits per heavy atom. The van der Waals surface area contributed by atoms with Crippen molar-refractivity contribution < 1.29 is 32.3 Å². The summed E-state index contributed by atoms with van der Waals surface area (Å²) < 4.78 is 51.9. The van der Waals surface area contributed by atoms with E-state index in [1.807, 2.05) is 0 Å². The second kappa shape index (κ2) is 7.88. The molecule has 0 atom stereocenters. The summed E-state index contributed by atoms with van der Waals surface area (Å²) in [6, 6.07) is 2.01. The number of aromatic nitrogens is 4. The number of rotatable bonds is 4. The number of thiazole rings is 1. The van der Waals surface area contributed by atoms with Crippen molar-refractivity contribution in [2.45, 2.75) is 6.18 Å². The molecule has 0 radical (unpaired) electrons. The average Bonchev–Trinajstić information content (AvgIpc) is 3.35. The van der Waals surface area contributed by atoms with Gasteiger partial charge in [-0.1, -0.05) is 11.3 Å². The maximum Gasteiger partial charge on any atom is 0.416 e. The number of carboxylic acids is 1. The van der Waals surface area contributed by atoms with Crippen LogP contribution in [0.15, 0.2) is 36.7 Å². The molecule has 0 aliphatic heterocycles. The van der Waals surface area contributed by atoms with Crippen molar-refractivity contribution in [1.82, 2.24) is 20.2 Å². The van der Waals surface area contributed by atoms with Crippen molar-refractivity contribution >= 4 is 45.2 Å². The number of alkyl halides is 3. The molecule has 0 unspecified atom stereocenters. The lowest BCUT2D eigenvalue weighted by molar-refractivity contribution is -0.137. The summed E-state index contributed by atoms with van der Waals surface area (Å²) >= 11 is 0.940. The van der Waals surface area contributed by atoms with E-state index in [1.54, 1.807) is 0 Å². The van der Waals surface area contributed by atoms with Crippen LogP contribution >= 0.6 is 11.3 Å². The van der Waals surface area contributed by atoms with Crippen LogP contribution in [0.3, 0.4) is 0 Å². The predicted octanol–water partition coefficient (Wildman–Crippen LogP) is 4.58. The summed E-state index contributed by atoms with van der Waals surface area (Å²) in [5.74, 6) is -2.35. The Labute approximate surface area is 179 Å². The van der Waals surface area contributed by atoms with Gasteiger partial charge in [-0.2, -0.15) is 18.3 Å². The number of benzene rings is 1. The van der Waals surface area contributed by atoms with Gasteiger partial charge in [0, 0.05) is 11.9 Å². The number of hydrogen-bond acceptors (Lipinski definition) is 6. The highest BCUT2D eigenvalue weighted by Crippen LogP contribution is 2.32. The van der Waals surface area contributed by atoms with Crippen molar-refractivity contribution in [2.24, 2.45) is 0 Å². The molecular weight excluding hydrogens is 456 g/mol. The highest BCUT2D eigenvalue weighted by Gasteiger charge is 2.31. The molecule has 0 spiro atoms. The number of hydrogen-bond donors (Lipinski definition) is 4. The predicted molar refractivity (Wildman–Crippen MR) is 106 cm³/mol. The molecule has 9 nitrogen and oxygen atoms in total. The topological polar surface area (TPSA) is 133 Å². The molecule has 4 rings (SSSR count). The van der Waals surface area contributed by atoms with Gasteiger partial charge in [-0.3, -0.25) is 10.4 Å². The number of nitrogens with one attached hydrogen (secondary N) is 3. The number of nitrogens with zero attached hydrogens (tertiary/aromatic N) is 3. The summed E-state index contributed by atoms with van der Waals surface area (Å²) in [6.45, 7) is 0. The highest BCUT2D eigenvalue weighted by atomic mass is 32.1. The first kappa shape index (κ1) is 21.2. The molecule has 0 aliphatic carbocycles. The normalized spacial score (nSPS) is 11.5. The SMILES string of the molecule is O=C(Nc1cc(F)cc(C(F)(F)F)c1)Nc1ncc(-c2cc(C(=O)O)c3cn[nH]c3n2)s1. The number of amides is 2. The average molecular weight is 466 g/mol. The largest absolute Gasteiger partial charge is 0.478 e. The molecule has 2 amide bonds. The third-order valence-corrected chi connectivity index (χ3v) is 5.05. The third-order valence-electron chi connectivity index (χ3n) is 4.11. The van der Waals surface area contributed by atoms with E-state index in [4.69, 9.17) is 0 Å². The zero-order valence-electron chi connectivity index (χ0n) is 15.5. The number of pyridine rings is 1. The number of fused-ring (bicyclic) bond motifs is 1. The Hall–Kier alpha value is -4.07. The van der Waals surface area contributed by atoms with Gasteiger partial charge in [0.05, 0.1) is 33.3 Å². The zero-order chi connectivity index (χ0) is 23.0. The molecule has 0 saturated heterocycles. The summed E-state index contributed by atoms with van der Waals surface area (Å²) in [6.07, 6.45) is -2.12. The smallest absolute Gasteiger partial charge is 0.416 e. The fourth-order valence-electron chi connectivity index (χ4n) is 2.77. The van der Waals surface area contributed by atoms with Crippen molar-refractivity contribution in [3.63, 3.8) is 0 Å². The van der Waals surface area contributed by atoms with Crippen LogP contribution in [0.5, 0.6) is 0 Å². The van der Waals surface area contributed by atoms with Crippen LogP contribution in [0.25, 0.3) is 21.6 Å². The molecular formula is C18H10F4N6O3S. The van der Waals surface area contributed by atoms with E-state index in [9.17, 15) is 32.3 Å². The molecule has 1 aromatic carbocycles. The number of urea groups is 1. The number of H-pyrrole nitrogens is 1. The summed E-state index contributed by atoms with van der Waals surface area (Å²) in [4.78, 5) is 32.2. The highest BCUT2D eigenvalue weighted by molar-refractivity contribution is 7.19. The lowest BCUT2D eigenvalue weighted by Gasteiger charge is -2.10. The molecule has 0 aliphatic rings. The molecule has 164 valence electrons. The van der Waals surface area contributed by atoms with Crippen molar-refractivity contribution in [1.29, 1.82) is 0 Å². The van der Waals surface area contributed by atoms with E-state index in [2.05, 4.69) is 30.8 Å². The number of aromatic amines is 1. The van der Waals surface area contributed by atoms with Crippen molar-refractivity contribution in [3.05, 3.63) is 53.6 Å². The van der Waals surface area contributed by atoms with Crippen LogP contribution in [0, 0.1) is 5.82 Å². The van der Waals surface area contributed by atoms with Crippen LogP contribution < -0.4 is 10.6 Å². The summed E-state index contributed by atoms with van der Waals surface area (Å²) in [5, 5.41) is 20.5. The lowest BCUT2D eigenvalue weighted by atomic mass is 10.1. The molecule has 32 heavy (non-hydrogen) atoms. The monoisotopic (exact) mass is 466 g/mol. The minimum absolute atomic E-state index is 0.0361. The zero-order valence-corrected chi connectivity index (χ0v) is 16.3. The van der Waals surface area contributed by atoms with Crippen LogP contribution in [-0.2, 0) is 6.18 Å². The van der Waals surface area contributed by atoms with E-state index >= 15 is 0 Å². The van der Waals surface area contributed by atoms with Crippen LogP contribution in [0.4, 0.5) is 33.2 Å². The van der Waals surface area contributed by atoms with Gasteiger partial charge < -0.3 is 10.4 Å². The van der Waals surface area contributed by atoms with Gasteiger partial charge >= 0.3 is 18.2 Å². The summed E-state index contributed by atoms with van der Waals surface area (Å²) in [5.41, 5.74) is -1.19. The number of anilines is 2. The minimum atomic E-state index is -4.78. The van der Waals surface area contributed by atoms with Gasteiger partial charge in [0.1, 0.15) is 5.82 Å². The molecule has 4 N–H and O–H groups in total. The standard InChI is InChI=1S/C18H10F4N6O3S/c19-8-1-7(18(20,21)22)2-9(3-8)25-16(31)27-17-23-6-13(32-17)12-4-10(15(29)30)11-5-24-28-14(11)26-12/h1-6H,(H,29,30)(H,24,26,28)(H2,23,25,27,31). The molecule has 4 aromatic rings. The Kier molecular flexibility index (Phi) is 5.22. The van der Waals surface area contributed by atoms with E-state index in [1.165, 1.54) is 18.5 Å². The van der Waals surface area contributed by atoms with Gasteiger partial charge in [-0.05, 0) is 24.3 Å². The van der Waals surface area contributed by atoms with Crippen molar-refractivity contribution in [3.8, 4) is 10.6 Å². The van der Waals surface area contributed by atoms with Crippen LogP contribution in [0.2, 0.25) is 0 Å². The Morgan fingerprint density at radius 3 is 2.59 bits per heavy atom. The second-order valence-corrected chi connectivity index (χ2v) is 7.36. The molecule has 0 saturated carbocycles. The summed E-state index contributed by atoms with van der Waals surface area (Å²) in [7, 11) is 0. The quantitative estimate of drug-likeness (QED) is 0.326. The fourth-order valence-corrected chi connectivity index (χ4v) is 3.54. The van der Waals surface area contributed by atoms with Gasteiger partial charge in [0.15, 0.2) is 10.8 Å². The van der Waals surface area contributed by atoms with E-state index in [-0.39, 0.29) is 22.0 Å². The van der Waals surface area contributed by atoms with Gasteiger partial charge in [-0.15, -0.1) is 0 Å². The first-order chi connectivity index (χ1) is 15.1. The van der Waals surface area contributed by atoms with Gasteiger partial charge in [0.25, 0.3) is 0 Å². The van der Waals surface area contributed by atoms with Gasteiger partial charge in [0.2, 0.25) is 0 Å². The molecule has 3 aromatic heterocycles. The number of aromatic carboxylic acids is 1. The van der Waals surface area contributed by atoms with E-state index in [0.717, 1.165) is 17.4 Å². The fraction of sp³-hybridized carbons (Fsp3) is 0.0556. The lowest BCUT2D eigenvalue weighted by Crippen LogP contribution is -2.20. The minimum Gasteiger partial charge on any atom is -0.478 e. The van der Waals surface area contributed by atoms with Crippen molar-refractivity contribution in [2.75, 3.05) is 10.6 Å². The number of carbonyl (C=O) groups is 2. The number of carbonyl (C=O) groups excluding carboxylic acids is 1. The third kappa shape index (κ3) is 4.34. The van der Waals surface area contributed by atoms with Gasteiger partial charge in [-0.25, -0.2) is 23.9 Å². The molecule has 14 heteroatoms. The Morgan fingerprint density at radius 2 is 1.88 bits per heavy atom. The Balaban J connectivity index is 1.53. The van der Waals surface area contributed by atoms with Crippen LogP contribution in [-0.4, -0.2) is 37.3 Å². The number of halogens is 4. The molecule has 0 fully saturated rings. The Bertz CT molecular complexity index is 1350. The van der Waals surface area contributed by atoms with Crippen LogP contribution in [0.1, 0.15) is 15.9 Å². The maximum atomic E-state index is 13.5. The first-order valence-electron chi connectivity index (χ1n) is 8.59. The maximum absolute atomic E-state index is 13.5. The molecule has 0 bridgehead atoms. The molecule has 3 heterocycles. The number of carboxylic acid groups (broad SMARTS) is 1. The first-order valence-corrected chi connectivity index (χ1v) is 9.41.